The molecule has 0 saturated carbocycles. The van der Waals surface area contributed by atoms with Crippen LogP contribution >= 0.6 is 0 Å². The van der Waals surface area contributed by atoms with Crippen LogP contribution in [0.15, 0.2) is 88.1 Å². The zero-order valence-electron chi connectivity index (χ0n) is 14.9. The second-order valence-corrected chi connectivity index (χ2v) is 6.22. The van der Waals surface area contributed by atoms with Gasteiger partial charge in [-0.15, -0.1) is 0 Å². The molecule has 0 saturated heterocycles. The molecule has 0 N–H and O–H groups in total. The molecule has 0 amide bonds. The fourth-order valence-corrected chi connectivity index (χ4v) is 2.96. The number of fused-ring (bicyclic) bond motifs is 1. The minimum absolute atomic E-state index is 0.329. The van der Waals surface area contributed by atoms with Crippen molar-refractivity contribution in [2.24, 2.45) is 0 Å². The van der Waals surface area contributed by atoms with Gasteiger partial charge in [0.15, 0.2) is 0 Å². The van der Waals surface area contributed by atoms with Gasteiger partial charge in [0.2, 0.25) is 0 Å². The third kappa shape index (κ3) is 3.67. The van der Waals surface area contributed by atoms with Crippen molar-refractivity contribution in [1.29, 1.82) is 0 Å². The summed E-state index contributed by atoms with van der Waals surface area (Å²) in [4.78, 5) is 12.4. The standard InChI is InChI=1S/C24H18O3/c1-26-21-13-10-17(11-14-21)7-8-18-9-12-20-16-22(19-5-3-2-4-6-19)24(25)27-23(20)15-18/h2-16H,1H3/b8-7+. The van der Waals surface area contributed by atoms with Crippen LogP contribution in [0.2, 0.25) is 0 Å². The van der Waals surface area contributed by atoms with Gasteiger partial charge in [-0.05, 0) is 41.0 Å². The second-order valence-electron chi connectivity index (χ2n) is 6.22. The van der Waals surface area contributed by atoms with E-state index in [1.165, 1.54) is 0 Å². The molecule has 3 aromatic carbocycles. The molecule has 4 rings (SSSR count). The Labute approximate surface area is 157 Å². The Morgan fingerprint density at radius 3 is 2.26 bits per heavy atom. The van der Waals surface area contributed by atoms with Gasteiger partial charge in [0, 0.05) is 5.39 Å². The SMILES string of the molecule is COc1ccc(/C=C/c2ccc3cc(-c4ccccc4)c(=O)oc3c2)cc1. The molecule has 132 valence electrons. The summed E-state index contributed by atoms with van der Waals surface area (Å²) in [6, 6.07) is 25.1. The first-order chi connectivity index (χ1) is 13.2. The quantitative estimate of drug-likeness (QED) is 0.352. The van der Waals surface area contributed by atoms with Crippen molar-refractivity contribution in [3.05, 3.63) is 100 Å². The summed E-state index contributed by atoms with van der Waals surface area (Å²) in [6.45, 7) is 0. The predicted molar refractivity (Wildman–Crippen MR) is 110 cm³/mol. The summed E-state index contributed by atoms with van der Waals surface area (Å²) in [5.74, 6) is 0.828. The maximum absolute atomic E-state index is 12.4. The van der Waals surface area contributed by atoms with Gasteiger partial charge < -0.3 is 9.15 Å². The average molecular weight is 354 g/mol. The highest BCUT2D eigenvalue weighted by atomic mass is 16.5. The van der Waals surface area contributed by atoms with Crippen molar-refractivity contribution >= 4 is 23.1 Å². The lowest BCUT2D eigenvalue weighted by molar-refractivity contribution is 0.415. The van der Waals surface area contributed by atoms with Gasteiger partial charge in [-0.1, -0.05) is 66.7 Å². The summed E-state index contributed by atoms with van der Waals surface area (Å²) in [5.41, 5.74) is 3.72. The van der Waals surface area contributed by atoms with Gasteiger partial charge in [0.1, 0.15) is 11.3 Å². The van der Waals surface area contributed by atoms with Crippen molar-refractivity contribution in [2.45, 2.75) is 0 Å². The highest BCUT2D eigenvalue weighted by molar-refractivity contribution is 5.84. The lowest BCUT2D eigenvalue weighted by Crippen LogP contribution is -2.02. The molecule has 27 heavy (non-hydrogen) atoms. The second kappa shape index (κ2) is 7.34. The predicted octanol–water partition coefficient (Wildman–Crippen LogP) is 5.64. The van der Waals surface area contributed by atoms with Crippen molar-refractivity contribution in [1.82, 2.24) is 0 Å². The summed E-state index contributed by atoms with van der Waals surface area (Å²) in [6.07, 6.45) is 4.00. The van der Waals surface area contributed by atoms with Gasteiger partial charge in [0.05, 0.1) is 12.7 Å². The van der Waals surface area contributed by atoms with E-state index in [-0.39, 0.29) is 5.63 Å². The number of hydrogen-bond acceptors (Lipinski definition) is 3. The fraction of sp³-hybridized carbons (Fsp3) is 0.0417. The summed E-state index contributed by atoms with van der Waals surface area (Å²) in [5, 5.41) is 0.898. The van der Waals surface area contributed by atoms with E-state index in [2.05, 4.69) is 0 Å². The topological polar surface area (TPSA) is 39.4 Å². The number of benzene rings is 3. The normalized spacial score (nSPS) is 11.1. The molecule has 0 bridgehead atoms. The smallest absolute Gasteiger partial charge is 0.344 e. The van der Waals surface area contributed by atoms with Crippen LogP contribution in [0.3, 0.4) is 0 Å². The van der Waals surface area contributed by atoms with Crippen LogP contribution in [0.25, 0.3) is 34.2 Å². The van der Waals surface area contributed by atoms with E-state index in [0.29, 0.717) is 11.1 Å². The molecular formula is C24H18O3. The Kier molecular flexibility index (Phi) is 4.58. The Hall–Kier alpha value is -3.59. The molecule has 1 heterocycles. The van der Waals surface area contributed by atoms with E-state index in [1.54, 1.807) is 7.11 Å². The number of methoxy groups -OCH3 is 1. The molecule has 0 aliphatic heterocycles. The van der Waals surface area contributed by atoms with Gasteiger partial charge in [-0.3, -0.25) is 0 Å². The number of hydrogen-bond donors (Lipinski definition) is 0. The van der Waals surface area contributed by atoms with Crippen LogP contribution in [0.4, 0.5) is 0 Å². The summed E-state index contributed by atoms with van der Waals surface area (Å²) >= 11 is 0. The maximum Gasteiger partial charge on any atom is 0.344 e. The molecule has 0 aliphatic carbocycles. The molecule has 0 atom stereocenters. The van der Waals surface area contributed by atoms with E-state index < -0.39 is 0 Å². The van der Waals surface area contributed by atoms with Gasteiger partial charge >= 0.3 is 5.63 Å². The van der Waals surface area contributed by atoms with Crippen molar-refractivity contribution in [2.75, 3.05) is 7.11 Å². The zero-order valence-corrected chi connectivity index (χ0v) is 14.9. The highest BCUT2D eigenvalue weighted by Gasteiger charge is 2.07. The molecule has 3 heteroatoms. The lowest BCUT2D eigenvalue weighted by atomic mass is 10.0. The van der Waals surface area contributed by atoms with Crippen molar-refractivity contribution in [3.63, 3.8) is 0 Å². The van der Waals surface area contributed by atoms with E-state index >= 15 is 0 Å². The maximum atomic E-state index is 12.4. The highest BCUT2D eigenvalue weighted by Crippen LogP contribution is 2.22. The molecule has 0 unspecified atom stereocenters. The summed E-state index contributed by atoms with van der Waals surface area (Å²) < 4.78 is 10.7. The van der Waals surface area contributed by atoms with Crippen LogP contribution in [0, 0.1) is 0 Å². The molecule has 4 aromatic rings. The first-order valence-corrected chi connectivity index (χ1v) is 8.68. The van der Waals surface area contributed by atoms with Crippen LogP contribution in [-0.4, -0.2) is 7.11 Å². The molecule has 0 fully saturated rings. The Morgan fingerprint density at radius 1 is 0.815 bits per heavy atom. The molecule has 1 aromatic heterocycles. The van der Waals surface area contributed by atoms with E-state index in [4.69, 9.17) is 9.15 Å². The van der Waals surface area contributed by atoms with E-state index in [9.17, 15) is 4.79 Å². The molecule has 3 nitrogen and oxygen atoms in total. The minimum Gasteiger partial charge on any atom is -0.497 e. The van der Waals surface area contributed by atoms with E-state index in [1.807, 2.05) is 91.0 Å². The van der Waals surface area contributed by atoms with E-state index in [0.717, 1.165) is 27.8 Å². The monoisotopic (exact) mass is 354 g/mol. The molecular weight excluding hydrogens is 336 g/mol. The first-order valence-electron chi connectivity index (χ1n) is 8.68. The Morgan fingerprint density at radius 2 is 1.52 bits per heavy atom. The average Bonchev–Trinajstić information content (AvgIpc) is 2.72. The molecule has 0 spiro atoms. The Balaban J connectivity index is 1.66. The zero-order chi connectivity index (χ0) is 18.6. The van der Waals surface area contributed by atoms with Crippen LogP contribution in [0.5, 0.6) is 5.75 Å². The van der Waals surface area contributed by atoms with Crippen LogP contribution < -0.4 is 10.4 Å². The third-order valence-corrected chi connectivity index (χ3v) is 4.43. The van der Waals surface area contributed by atoms with Crippen molar-refractivity contribution in [3.8, 4) is 16.9 Å². The molecule has 0 radical (unpaired) electrons. The third-order valence-electron chi connectivity index (χ3n) is 4.43. The van der Waals surface area contributed by atoms with Crippen molar-refractivity contribution < 1.29 is 9.15 Å². The fourth-order valence-electron chi connectivity index (χ4n) is 2.96. The Bertz CT molecular complexity index is 1150. The number of ether oxygens (including phenoxy) is 1. The van der Waals surface area contributed by atoms with Gasteiger partial charge in [-0.2, -0.15) is 0 Å². The largest absolute Gasteiger partial charge is 0.497 e. The van der Waals surface area contributed by atoms with Gasteiger partial charge in [-0.25, -0.2) is 4.79 Å². The number of rotatable bonds is 4. The first kappa shape index (κ1) is 16.9. The summed E-state index contributed by atoms with van der Waals surface area (Å²) in [7, 11) is 1.65. The van der Waals surface area contributed by atoms with Crippen LogP contribution in [0.1, 0.15) is 11.1 Å². The molecule has 0 aliphatic rings. The lowest BCUT2D eigenvalue weighted by Gasteiger charge is -2.03. The minimum atomic E-state index is -0.329. The van der Waals surface area contributed by atoms with Gasteiger partial charge in [0.25, 0.3) is 0 Å². The van der Waals surface area contributed by atoms with Crippen LogP contribution in [-0.2, 0) is 0 Å².